The van der Waals surface area contributed by atoms with Crippen molar-refractivity contribution in [2.45, 2.75) is 19.8 Å². The molecular formula is C19H15N5O3S. The maximum atomic E-state index is 11.2. The van der Waals surface area contributed by atoms with Gasteiger partial charge in [-0.3, -0.25) is 15.2 Å². The van der Waals surface area contributed by atoms with Gasteiger partial charge in [0.05, 0.1) is 22.1 Å². The van der Waals surface area contributed by atoms with E-state index in [1.807, 2.05) is 19.9 Å². The number of nitrogens with two attached hydrogens (primary N) is 1. The number of hydrogen-bond donors (Lipinski definition) is 2. The number of nitro benzene ring substituents is 1. The number of nitriles is 1. The number of aromatic amines is 1. The average molecular weight is 393 g/mol. The first-order valence-electron chi connectivity index (χ1n) is 8.38. The van der Waals surface area contributed by atoms with Crippen molar-refractivity contribution >= 4 is 17.0 Å². The fourth-order valence-electron chi connectivity index (χ4n) is 3.48. The molecule has 0 aliphatic carbocycles. The third-order valence-electron chi connectivity index (χ3n) is 4.66. The number of nitro groups is 1. The molecule has 1 aliphatic heterocycles. The van der Waals surface area contributed by atoms with Gasteiger partial charge in [-0.2, -0.15) is 5.26 Å². The summed E-state index contributed by atoms with van der Waals surface area (Å²) < 4.78 is 5.58. The number of nitrogens with zero attached hydrogens (tertiary/aromatic N) is 3. The molecule has 4 rings (SSSR count). The van der Waals surface area contributed by atoms with Crippen molar-refractivity contribution in [3.8, 4) is 23.2 Å². The highest BCUT2D eigenvalue weighted by Gasteiger charge is 2.36. The van der Waals surface area contributed by atoms with Crippen LogP contribution in [0.2, 0.25) is 0 Å². The van der Waals surface area contributed by atoms with Crippen LogP contribution in [-0.4, -0.2) is 15.1 Å². The summed E-state index contributed by atoms with van der Waals surface area (Å²) in [7, 11) is 0. The molecule has 1 atom stereocenters. The Bertz CT molecular complexity index is 1180. The second-order valence-electron chi connectivity index (χ2n) is 6.42. The zero-order valence-electron chi connectivity index (χ0n) is 15.0. The number of benzene rings is 1. The van der Waals surface area contributed by atoms with Gasteiger partial charge >= 0.3 is 0 Å². The SMILES string of the molecule is Cc1cc(-c2[nH]nc3c2[C@H](c2cccc([N+](=O)[O-])c2)C(C#N)=C(N)O3)c(C)s1. The first-order chi connectivity index (χ1) is 13.4. The van der Waals surface area contributed by atoms with Gasteiger partial charge in [-0.15, -0.1) is 16.4 Å². The summed E-state index contributed by atoms with van der Waals surface area (Å²) in [6.45, 7) is 4.01. The summed E-state index contributed by atoms with van der Waals surface area (Å²) in [5.41, 5.74) is 8.98. The van der Waals surface area contributed by atoms with Crippen LogP contribution in [0, 0.1) is 35.3 Å². The molecule has 3 N–H and O–H groups in total. The molecule has 0 unspecified atom stereocenters. The lowest BCUT2D eigenvalue weighted by atomic mass is 9.83. The van der Waals surface area contributed by atoms with Gasteiger partial charge in [0.25, 0.3) is 5.69 Å². The van der Waals surface area contributed by atoms with E-state index in [1.54, 1.807) is 23.5 Å². The standard InChI is InChI=1S/C19H15N5O3S/c1-9-6-13(10(2)28-9)17-16-15(11-4-3-5-12(7-11)24(25)26)14(8-20)18(21)27-19(16)23-22-17/h3-7,15H,21H2,1-2H3,(H,22,23)/t15-/m1/s1. The molecule has 0 radical (unpaired) electrons. The van der Waals surface area contributed by atoms with Crippen molar-refractivity contribution < 1.29 is 9.66 Å². The van der Waals surface area contributed by atoms with Crippen molar-refractivity contribution in [1.82, 2.24) is 10.2 Å². The van der Waals surface area contributed by atoms with Gasteiger partial charge in [-0.1, -0.05) is 12.1 Å². The van der Waals surface area contributed by atoms with Crippen LogP contribution >= 0.6 is 11.3 Å². The van der Waals surface area contributed by atoms with Gasteiger partial charge < -0.3 is 10.5 Å². The molecule has 0 spiro atoms. The van der Waals surface area contributed by atoms with E-state index in [0.29, 0.717) is 16.8 Å². The number of rotatable bonds is 3. The van der Waals surface area contributed by atoms with Gasteiger partial charge in [0.1, 0.15) is 11.6 Å². The molecule has 3 aromatic rings. The Morgan fingerprint density at radius 1 is 1.39 bits per heavy atom. The average Bonchev–Trinajstić information content (AvgIpc) is 3.22. The van der Waals surface area contributed by atoms with Gasteiger partial charge in [-0.05, 0) is 25.5 Å². The fourth-order valence-corrected chi connectivity index (χ4v) is 4.41. The number of thiophene rings is 1. The van der Waals surface area contributed by atoms with E-state index in [-0.39, 0.29) is 23.0 Å². The van der Waals surface area contributed by atoms with Crippen molar-refractivity contribution in [3.05, 3.63) is 72.8 Å². The maximum absolute atomic E-state index is 11.2. The summed E-state index contributed by atoms with van der Waals surface area (Å²) in [6.07, 6.45) is 0. The molecule has 28 heavy (non-hydrogen) atoms. The predicted octanol–water partition coefficient (Wildman–Crippen LogP) is 3.88. The van der Waals surface area contributed by atoms with E-state index >= 15 is 0 Å². The van der Waals surface area contributed by atoms with E-state index in [0.717, 1.165) is 15.3 Å². The Morgan fingerprint density at radius 2 is 2.18 bits per heavy atom. The highest BCUT2D eigenvalue weighted by atomic mass is 32.1. The largest absolute Gasteiger partial charge is 0.420 e. The highest BCUT2D eigenvalue weighted by molar-refractivity contribution is 7.12. The number of aryl methyl sites for hydroxylation is 2. The second kappa shape index (κ2) is 6.51. The summed E-state index contributed by atoms with van der Waals surface area (Å²) in [5, 5.41) is 28.2. The van der Waals surface area contributed by atoms with Crippen LogP contribution in [0.4, 0.5) is 5.69 Å². The summed E-state index contributed by atoms with van der Waals surface area (Å²) in [6, 6.07) is 10.3. The molecule has 2 aromatic heterocycles. The summed E-state index contributed by atoms with van der Waals surface area (Å²) in [5.74, 6) is -0.406. The Hall–Kier alpha value is -3.64. The van der Waals surface area contributed by atoms with Crippen LogP contribution in [0.15, 0.2) is 41.8 Å². The zero-order valence-corrected chi connectivity index (χ0v) is 15.8. The van der Waals surface area contributed by atoms with Gasteiger partial charge in [0, 0.05) is 27.5 Å². The van der Waals surface area contributed by atoms with Crippen molar-refractivity contribution in [2.75, 3.05) is 0 Å². The number of aromatic nitrogens is 2. The normalized spacial score (nSPS) is 15.7. The van der Waals surface area contributed by atoms with E-state index in [1.165, 1.54) is 12.1 Å². The molecule has 8 nitrogen and oxygen atoms in total. The number of hydrogen-bond acceptors (Lipinski definition) is 7. The van der Waals surface area contributed by atoms with Crippen LogP contribution in [-0.2, 0) is 0 Å². The molecule has 3 heterocycles. The molecule has 0 fully saturated rings. The molecular weight excluding hydrogens is 378 g/mol. The molecule has 0 saturated heterocycles. The predicted molar refractivity (Wildman–Crippen MR) is 104 cm³/mol. The van der Waals surface area contributed by atoms with Crippen LogP contribution in [0.1, 0.15) is 26.8 Å². The first kappa shape index (κ1) is 17.8. The minimum Gasteiger partial charge on any atom is -0.420 e. The number of H-pyrrole nitrogens is 1. The van der Waals surface area contributed by atoms with E-state index in [9.17, 15) is 15.4 Å². The van der Waals surface area contributed by atoms with E-state index < -0.39 is 10.8 Å². The van der Waals surface area contributed by atoms with Crippen LogP contribution in [0.25, 0.3) is 11.3 Å². The smallest absolute Gasteiger partial charge is 0.269 e. The van der Waals surface area contributed by atoms with Crippen LogP contribution in [0.3, 0.4) is 0 Å². The zero-order chi connectivity index (χ0) is 20.0. The topological polar surface area (TPSA) is 131 Å². The first-order valence-corrected chi connectivity index (χ1v) is 9.20. The third kappa shape index (κ3) is 2.71. The van der Waals surface area contributed by atoms with Gasteiger partial charge in [0.15, 0.2) is 0 Å². The van der Waals surface area contributed by atoms with Crippen LogP contribution < -0.4 is 10.5 Å². The van der Waals surface area contributed by atoms with Crippen LogP contribution in [0.5, 0.6) is 5.88 Å². The summed E-state index contributed by atoms with van der Waals surface area (Å²) in [4.78, 5) is 13.0. The lowest BCUT2D eigenvalue weighted by molar-refractivity contribution is -0.384. The quantitative estimate of drug-likeness (QED) is 0.513. The van der Waals surface area contributed by atoms with Gasteiger partial charge in [-0.25, -0.2) is 0 Å². The Kier molecular flexibility index (Phi) is 4.13. The number of fused-ring (bicyclic) bond motifs is 1. The number of ether oxygens (including phenoxy) is 1. The second-order valence-corrected chi connectivity index (χ2v) is 7.88. The number of allylic oxidation sites excluding steroid dienone is 1. The molecule has 1 aliphatic rings. The van der Waals surface area contributed by atoms with E-state index in [2.05, 4.69) is 16.3 Å². The molecule has 0 saturated carbocycles. The summed E-state index contributed by atoms with van der Waals surface area (Å²) >= 11 is 1.65. The maximum Gasteiger partial charge on any atom is 0.269 e. The van der Waals surface area contributed by atoms with E-state index in [4.69, 9.17) is 10.5 Å². The minimum atomic E-state index is -0.623. The van der Waals surface area contributed by atoms with Crippen molar-refractivity contribution in [1.29, 1.82) is 5.26 Å². The number of nitrogens with one attached hydrogen (secondary N) is 1. The lowest BCUT2D eigenvalue weighted by Gasteiger charge is -2.24. The minimum absolute atomic E-state index is 0.0530. The van der Waals surface area contributed by atoms with Gasteiger partial charge in [0.2, 0.25) is 11.8 Å². The molecule has 140 valence electrons. The fraction of sp³-hybridized carbons (Fsp3) is 0.158. The monoisotopic (exact) mass is 393 g/mol. The van der Waals surface area contributed by atoms with Crippen molar-refractivity contribution in [2.24, 2.45) is 5.73 Å². The molecule has 0 bridgehead atoms. The third-order valence-corrected chi connectivity index (χ3v) is 5.63. The molecule has 0 amide bonds. The lowest BCUT2D eigenvalue weighted by Crippen LogP contribution is -2.21. The molecule has 9 heteroatoms. The van der Waals surface area contributed by atoms with Crippen molar-refractivity contribution in [3.63, 3.8) is 0 Å². The molecule has 1 aromatic carbocycles. The Balaban J connectivity index is 1.97. The number of non-ortho nitro benzene ring substituents is 1. The Morgan fingerprint density at radius 3 is 2.82 bits per heavy atom. The Labute approximate surface area is 164 Å². The highest BCUT2D eigenvalue weighted by Crippen LogP contribution is 2.47.